The van der Waals surface area contributed by atoms with Gasteiger partial charge in [0.1, 0.15) is 5.69 Å². The summed E-state index contributed by atoms with van der Waals surface area (Å²) in [6, 6.07) is 0. The monoisotopic (exact) mass is 187 g/mol. The summed E-state index contributed by atoms with van der Waals surface area (Å²) in [6.45, 7) is 1.83. The highest BCUT2D eigenvalue weighted by atomic mass is 14.9. The van der Waals surface area contributed by atoms with Crippen molar-refractivity contribution in [2.45, 2.75) is 6.92 Å². The summed E-state index contributed by atoms with van der Waals surface area (Å²) < 4.78 is 0. The number of aryl methyl sites for hydroxylation is 1. The molecular formula is C9H9N5. The number of nitrogen functional groups attached to an aromatic ring is 1. The summed E-state index contributed by atoms with van der Waals surface area (Å²) in [5, 5.41) is 0. The lowest BCUT2D eigenvalue weighted by molar-refractivity contribution is 1.08. The quantitative estimate of drug-likeness (QED) is 0.715. The molecule has 2 aromatic heterocycles. The lowest BCUT2D eigenvalue weighted by atomic mass is 10.3. The lowest BCUT2D eigenvalue weighted by Crippen LogP contribution is -1.98. The highest BCUT2D eigenvalue weighted by Gasteiger charge is 2.03. The first-order chi connectivity index (χ1) is 6.77. The third-order valence-electron chi connectivity index (χ3n) is 1.81. The van der Waals surface area contributed by atoms with E-state index in [0.29, 0.717) is 17.2 Å². The van der Waals surface area contributed by atoms with Crippen LogP contribution in [0.3, 0.4) is 0 Å². The SMILES string of the molecule is Cc1nc(-c2cnccn2)ncc1N. The van der Waals surface area contributed by atoms with E-state index in [2.05, 4.69) is 19.9 Å². The molecule has 70 valence electrons. The number of anilines is 1. The molecule has 2 N–H and O–H groups in total. The van der Waals surface area contributed by atoms with E-state index in [1.807, 2.05) is 6.92 Å². The fourth-order valence-electron chi connectivity index (χ4n) is 1.01. The average molecular weight is 187 g/mol. The van der Waals surface area contributed by atoms with Crippen LogP contribution in [0.25, 0.3) is 11.5 Å². The summed E-state index contributed by atoms with van der Waals surface area (Å²) in [7, 11) is 0. The third-order valence-corrected chi connectivity index (χ3v) is 1.81. The Morgan fingerprint density at radius 3 is 2.64 bits per heavy atom. The molecule has 14 heavy (non-hydrogen) atoms. The third kappa shape index (κ3) is 1.52. The number of nitrogens with two attached hydrogens (primary N) is 1. The minimum absolute atomic E-state index is 0.546. The van der Waals surface area contributed by atoms with Crippen LogP contribution < -0.4 is 5.73 Å². The highest BCUT2D eigenvalue weighted by Crippen LogP contribution is 2.12. The zero-order valence-electron chi connectivity index (χ0n) is 7.68. The highest BCUT2D eigenvalue weighted by molar-refractivity contribution is 5.51. The molecule has 0 aliphatic heterocycles. The number of hydrogen-bond donors (Lipinski definition) is 1. The first-order valence-electron chi connectivity index (χ1n) is 4.13. The standard InChI is InChI=1S/C9H9N5/c1-6-7(10)4-13-9(14-6)8-5-11-2-3-12-8/h2-5H,10H2,1H3. The molecule has 5 nitrogen and oxygen atoms in total. The summed E-state index contributed by atoms with van der Waals surface area (Å²) in [6.07, 6.45) is 6.40. The minimum Gasteiger partial charge on any atom is -0.396 e. The molecule has 0 bridgehead atoms. The van der Waals surface area contributed by atoms with Gasteiger partial charge in [0.25, 0.3) is 0 Å². The molecule has 0 aliphatic rings. The van der Waals surface area contributed by atoms with E-state index < -0.39 is 0 Å². The van der Waals surface area contributed by atoms with Gasteiger partial charge in [0.05, 0.1) is 23.8 Å². The van der Waals surface area contributed by atoms with Crippen molar-refractivity contribution in [2.75, 3.05) is 5.73 Å². The molecule has 0 amide bonds. The number of nitrogens with zero attached hydrogens (tertiary/aromatic N) is 4. The molecule has 2 rings (SSSR count). The van der Waals surface area contributed by atoms with Crippen molar-refractivity contribution < 1.29 is 0 Å². The van der Waals surface area contributed by atoms with E-state index in [9.17, 15) is 0 Å². The smallest absolute Gasteiger partial charge is 0.180 e. The predicted octanol–water partition coefficient (Wildman–Crippen LogP) is 0.824. The molecule has 0 fully saturated rings. The van der Waals surface area contributed by atoms with E-state index in [4.69, 9.17) is 5.73 Å². The van der Waals surface area contributed by atoms with Crippen LogP contribution in [0, 0.1) is 6.92 Å². The van der Waals surface area contributed by atoms with Crippen molar-refractivity contribution in [3.05, 3.63) is 30.5 Å². The molecule has 2 heterocycles. The maximum absolute atomic E-state index is 5.61. The van der Waals surface area contributed by atoms with Crippen molar-refractivity contribution in [1.29, 1.82) is 0 Å². The van der Waals surface area contributed by atoms with Crippen molar-refractivity contribution in [3.8, 4) is 11.5 Å². The maximum atomic E-state index is 5.61. The van der Waals surface area contributed by atoms with Crippen LogP contribution in [0.2, 0.25) is 0 Å². The second-order valence-electron chi connectivity index (χ2n) is 2.83. The van der Waals surface area contributed by atoms with Crippen LogP contribution >= 0.6 is 0 Å². The largest absolute Gasteiger partial charge is 0.396 e. The Morgan fingerprint density at radius 2 is 2.00 bits per heavy atom. The molecule has 0 spiro atoms. The Morgan fingerprint density at radius 1 is 1.14 bits per heavy atom. The van der Waals surface area contributed by atoms with Crippen LogP contribution in [-0.2, 0) is 0 Å². The van der Waals surface area contributed by atoms with E-state index in [1.54, 1.807) is 24.8 Å². The number of hydrogen-bond acceptors (Lipinski definition) is 5. The number of aromatic nitrogens is 4. The average Bonchev–Trinajstić information content (AvgIpc) is 2.23. The van der Waals surface area contributed by atoms with Crippen molar-refractivity contribution in [2.24, 2.45) is 0 Å². The summed E-state index contributed by atoms with van der Waals surface area (Å²) in [4.78, 5) is 16.3. The zero-order valence-corrected chi connectivity index (χ0v) is 7.68. The molecule has 0 aromatic carbocycles. The molecule has 0 saturated heterocycles. The van der Waals surface area contributed by atoms with Gasteiger partial charge in [-0.15, -0.1) is 0 Å². The molecule has 2 aromatic rings. The Kier molecular flexibility index (Phi) is 2.06. The topological polar surface area (TPSA) is 77.6 Å². The maximum Gasteiger partial charge on any atom is 0.180 e. The zero-order chi connectivity index (χ0) is 9.97. The second-order valence-corrected chi connectivity index (χ2v) is 2.83. The minimum atomic E-state index is 0.546. The van der Waals surface area contributed by atoms with Crippen molar-refractivity contribution in [3.63, 3.8) is 0 Å². The van der Waals surface area contributed by atoms with Crippen LogP contribution in [0.15, 0.2) is 24.8 Å². The van der Waals surface area contributed by atoms with E-state index in [-0.39, 0.29) is 0 Å². The Bertz CT molecular complexity index is 440. The van der Waals surface area contributed by atoms with Gasteiger partial charge in [-0.25, -0.2) is 15.0 Å². The molecule has 0 saturated carbocycles. The summed E-state index contributed by atoms with van der Waals surface area (Å²) in [5.41, 5.74) is 7.59. The van der Waals surface area contributed by atoms with Crippen molar-refractivity contribution >= 4 is 5.69 Å². The molecule has 0 radical (unpaired) electrons. The molecule has 5 heteroatoms. The summed E-state index contributed by atoms with van der Waals surface area (Å²) in [5.74, 6) is 0.546. The van der Waals surface area contributed by atoms with Gasteiger partial charge in [0.15, 0.2) is 5.82 Å². The van der Waals surface area contributed by atoms with Crippen LogP contribution in [-0.4, -0.2) is 19.9 Å². The van der Waals surface area contributed by atoms with Crippen molar-refractivity contribution in [1.82, 2.24) is 19.9 Å². The lowest BCUT2D eigenvalue weighted by Gasteiger charge is -2.01. The van der Waals surface area contributed by atoms with Gasteiger partial charge in [0, 0.05) is 12.4 Å². The van der Waals surface area contributed by atoms with Gasteiger partial charge in [-0.1, -0.05) is 0 Å². The molecule has 0 unspecified atom stereocenters. The van der Waals surface area contributed by atoms with Gasteiger partial charge in [-0.05, 0) is 6.92 Å². The summed E-state index contributed by atoms with van der Waals surface area (Å²) >= 11 is 0. The molecule has 0 atom stereocenters. The van der Waals surface area contributed by atoms with Gasteiger partial charge in [0.2, 0.25) is 0 Å². The Balaban J connectivity index is 2.48. The fraction of sp³-hybridized carbons (Fsp3) is 0.111. The van der Waals surface area contributed by atoms with Gasteiger partial charge < -0.3 is 5.73 Å². The predicted molar refractivity (Wildman–Crippen MR) is 52.2 cm³/mol. The van der Waals surface area contributed by atoms with E-state index in [1.165, 1.54) is 0 Å². The molecule has 0 aliphatic carbocycles. The first-order valence-corrected chi connectivity index (χ1v) is 4.13. The van der Waals surface area contributed by atoms with Gasteiger partial charge in [-0.2, -0.15) is 0 Å². The van der Waals surface area contributed by atoms with Crippen LogP contribution in [0.1, 0.15) is 5.69 Å². The Hall–Kier alpha value is -2.04. The fourth-order valence-corrected chi connectivity index (χ4v) is 1.01. The van der Waals surface area contributed by atoms with Gasteiger partial charge >= 0.3 is 0 Å². The second kappa shape index (κ2) is 3.37. The van der Waals surface area contributed by atoms with E-state index >= 15 is 0 Å². The van der Waals surface area contributed by atoms with Crippen LogP contribution in [0.5, 0.6) is 0 Å². The normalized spacial score (nSPS) is 10.1. The van der Waals surface area contributed by atoms with Gasteiger partial charge in [-0.3, -0.25) is 4.98 Å². The van der Waals surface area contributed by atoms with Crippen LogP contribution in [0.4, 0.5) is 5.69 Å². The number of rotatable bonds is 1. The first kappa shape index (κ1) is 8.55. The van der Waals surface area contributed by atoms with E-state index in [0.717, 1.165) is 5.69 Å². The molecular weight excluding hydrogens is 178 g/mol. The Labute approximate surface area is 81.1 Å².